The zero-order chi connectivity index (χ0) is 27.7. The van der Waals surface area contributed by atoms with Gasteiger partial charge in [0, 0.05) is 44.8 Å². The third-order valence-electron chi connectivity index (χ3n) is 8.57. The molecule has 2 aromatic rings. The number of piperidine rings is 1. The number of rotatable bonds is 5. The van der Waals surface area contributed by atoms with Crippen LogP contribution in [0.4, 0.5) is 11.6 Å². The number of hydrogen-bond donors (Lipinski definition) is 2. The van der Waals surface area contributed by atoms with E-state index in [9.17, 15) is 15.2 Å². The van der Waals surface area contributed by atoms with Crippen molar-refractivity contribution in [3.8, 4) is 6.07 Å². The van der Waals surface area contributed by atoms with Crippen LogP contribution in [0.25, 0.3) is 0 Å². The zero-order valence-electron chi connectivity index (χ0n) is 22.5. The van der Waals surface area contributed by atoms with E-state index in [0.29, 0.717) is 23.5 Å². The van der Waals surface area contributed by atoms with Gasteiger partial charge in [-0.15, -0.1) is 0 Å². The van der Waals surface area contributed by atoms with E-state index in [4.69, 9.17) is 22.1 Å². The maximum absolute atomic E-state index is 11.9. The number of fused-ring (bicyclic) bond motifs is 1. The molecule has 3 aliphatic rings. The number of carbonyl (C=O) groups is 1. The van der Waals surface area contributed by atoms with Crippen molar-refractivity contribution in [1.82, 2.24) is 19.8 Å². The highest BCUT2D eigenvalue weighted by atomic mass is 35.5. The minimum atomic E-state index is -0.660. The largest absolute Gasteiger partial charge is 0.464 e. The summed E-state index contributed by atoms with van der Waals surface area (Å²) in [5, 5.41) is 20.4. The number of hydrogen-bond acceptors (Lipinski definition) is 10. The first-order chi connectivity index (χ1) is 18.8. The lowest BCUT2D eigenvalue weighted by atomic mass is 9.83. The molecule has 1 aromatic carbocycles. The van der Waals surface area contributed by atoms with Gasteiger partial charge >= 0.3 is 5.97 Å². The number of likely N-dealkylation sites (tertiary alicyclic amines) is 1. The number of ether oxygens (including phenoxy) is 1. The molecule has 3 heterocycles. The van der Waals surface area contributed by atoms with Crippen LogP contribution in [0.3, 0.4) is 0 Å². The monoisotopic (exact) mass is 553 g/mol. The SMILES string of the molecule is CC[C@H]1CN(c2nc(N)c(C(=O)OC)nc2Cl)CCN1C1CCN(C2c3ccc(C#N)cc3CCC2O)CC1. The van der Waals surface area contributed by atoms with E-state index in [2.05, 4.69) is 37.7 Å². The van der Waals surface area contributed by atoms with E-state index in [1.165, 1.54) is 18.2 Å². The minimum absolute atomic E-state index is 0.0134. The molecule has 3 N–H and O–H groups in total. The maximum atomic E-state index is 11.9. The third-order valence-corrected chi connectivity index (χ3v) is 8.82. The van der Waals surface area contributed by atoms with Crippen molar-refractivity contribution >= 4 is 29.2 Å². The molecular weight excluding hydrogens is 518 g/mol. The highest BCUT2D eigenvalue weighted by molar-refractivity contribution is 6.32. The zero-order valence-corrected chi connectivity index (χ0v) is 23.3. The number of piperazine rings is 1. The van der Waals surface area contributed by atoms with E-state index in [0.717, 1.165) is 64.8 Å². The number of halogens is 1. The Bertz CT molecular complexity index is 1260. The Kier molecular flexibility index (Phi) is 8.24. The van der Waals surface area contributed by atoms with Crippen LogP contribution in [0.5, 0.6) is 0 Å². The molecule has 10 nitrogen and oxygen atoms in total. The van der Waals surface area contributed by atoms with Gasteiger partial charge in [-0.25, -0.2) is 14.8 Å². The smallest absolute Gasteiger partial charge is 0.360 e. The number of esters is 1. The normalized spacial score (nSPS) is 24.7. The molecule has 39 heavy (non-hydrogen) atoms. The molecular formula is C28H36ClN7O3. The number of aliphatic hydroxyl groups excluding tert-OH is 1. The second kappa shape index (κ2) is 11.6. The van der Waals surface area contributed by atoms with Crippen molar-refractivity contribution in [2.24, 2.45) is 0 Å². The standard InChI is InChI=1S/C28H36ClN7O3/c1-3-19-16-35(27-25(29)32-23(26(31)33-27)28(38)39-2)12-13-36(19)20-8-10-34(11-9-20)24-21-6-4-17(15-30)14-18(21)5-7-22(24)37/h4,6,14,19-20,22,24,37H,3,5,7-13,16H2,1-2H3,(H2,31,33)/t19-,22?,24?/m0/s1. The number of carbonyl (C=O) groups excluding carboxylic acids is 1. The van der Waals surface area contributed by atoms with Gasteiger partial charge in [0.2, 0.25) is 0 Å². The topological polar surface area (TPSA) is 132 Å². The lowest BCUT2D eigenvalue weighted by molar-refractivity contribution is -0.00102. The summed E-state index contributed by atoms with van der Waals surface area (Å²) in [5.41, 5.74) is 8.98. The van der Waals surface area contributed by atoms with Crippen molar-refractivity contribution in [2.45, 2.75) is 63.3 Å². The summed E-state index contributed by atoms with van der Waals surface area (Å²) in [6.07, 6.45) is 4.19. The van der Waals surface area contributed by atoms with E-state index in [-0.39, 0.29) is 22.7 Å². The van der Waals surface area contributed by atoms with Gasteiger partial charge in [0.1, 0.15) is 0 Å². The number of anilines is 2. The summed E-state index contributed by atoms with van der Waals surface area (Å²) >= 11 is 6.43. The third kappa shape index (κ3) is 5.41. The van der Waals surface area contributed by atoms with Crippen molar-refractivity contribution in [3.05, 3.63) is 45.7 Å². The van der Waals surface area contributed by atoms with Crippen LogP contribution < -0.4 is 10.6 Å². The fraction of sp³-hybridized carbons (Fsp3) is 0.571. The molecule has 0 amide bonds. The van der Waals surface area contributed by atoms with Gasteiger partial charge in [0.25, 0.3) is 0 Å². The summed E-state index contributed by atoms with van der Waals surface area (Å²) < 4.78 is 4.72. The van der Waals surface area contributed by atoms with E-state index >= 15 is 0 Å². The van der Waals surface area contributed by atoms with Crippen LogP contribution in [0.1, 0.15) is 65.8 Å². The Hall–Kier alpha value is -2.97. The molecule has 2 unspecified atom stereocenters. The number of methoxy groups -OCH3 is 1. The number of nitrogen functional groups attached to an aromatic ring is 1. The van der Waals surface area contributed by atoms with Crippen LogP contribution in [0.15, 0.2) is 18.2 Å². The molecule has 11 heteroatoms. The highest BCUT2D eigenvalue weighted by Crippen LogP contribution is 2.38. The van der Waals surface area contributed by atoms with Gasteiger partial charge in [-0.3, -0.25) is 9.80 Å². The summed E-state index contributed by atoms with van der Waals surface area (Å²) in [6, 6.07) is 8.90. The Morgan fingerprint density at radius 3 is 2.69 bits per heavy atom. The summed E-state index contributed by atoms with van der Waals surface area (Å²) in [7, 11) is 1.27. The van der Waals surface area contributed by atoms with Gasteiger partial charge in [0.05, 0.1) is 30.9 Å². The number of aliphatic hydroxyl groups is 1. The van der Waals surface area contributed by atoms with Crippen LogP contribution in [-0.2, 0) is 11.2 Å². The first-order valence-electron chi connectivity index (χ1n) is 13.7. The quantitative estimate of drug-likeness (QED) is 0.532. The van der Waals surface area contributed by atoms with E-state index < -0.39 is 12.1 Å². The van der Waals surface area contributed by atoms with Crippen LogP contribution in [-0.4, -0.2) is 88.9 Å². The maximum Gasteiger partial charge on any atom is 0.360 e. The van der Waals surface area contributed by atoms with Crippen molar-refractivity contribution < 1.29 is 14.6 Å². The molecule has 1 aliphatic carbocycles. The predicted octanol–water partition coefficient (Wildman–Crippen LogP) is 2.78. The van der Waals surface area contributed by atoms with Gasteiger partial charge in [0.15, 0.2) is 22.5 Å². The van der Waals surface area contributed by atoms with Crippen molar-refractivity contribution in [2.75, 3.05) is 50.5 Å². The average Bonchev–Trinajstić information content (AvgIpc) is 2.97. The first kappa shape index (κ1) is 27.6. The molecule has 208 valence electrons. The molecule has 1 aromatic heterocycles. The number of aryl methyl sites for hydroxylation is 1. The number of aromatic nitrogens is 2. The van der Waals surface area contributed by atoms with E-state index in [1.54, 1.807) is 0 Å². The molecule has 2 aliphatic heterocycles. The lowest BCUT2D eigenvalue weighted by Gasteiger charge is -2.49. The molecule has 0 saturated carbocycles. The fourth-order valence-corrected chi connectivity index (χ4v) is 6.80. The van der Waals surface area contributed by atoms with Gasteiger partial charge in [-0.1, -0.05) is 24.6 Å². The van der Waals surface area contributed by atoms with Crippen LogP contribution in [0.2, 0.25) is 5.15 Å². The Morgan fingerprint density at radius 2 is 2.00 bits per heavy atom. The predicted molar refractivity (Wildman–Crippen MR) is 149 cm³/mol. The highest BCUT2D eigenvalue weighted by Gasteiger charge is 2.38. The molecule has 0 spiro atoms. The lowest BCUT2D eigenvalue weighted by Crippen LogP contribution is -2.59. The molecule has 0 bridgehead atoms. The number of nitrogens with two attached hydrogens (primary N) is 1. The van der Waals surface area contributed by atoms with Gasteiger partial charge < -0.3 is 20.5 Å². The second-order valence-corrected chi connectivity index (χ2v) is 11.0. The number of nitrogens with zero attached hydrogens (tertiary/aromatic N) is 6. The summed E-state index contributed by atoms with van der Waals surface area (Å²) in [4.78, 5) is 27.6. The molecule has 0 radical (unpaired) electrons. The van der Waals surface area contributed by atoms with Crippen molar-refractivity contribution in [3.63, 3.8) is 0 Å². The molecule has 2 saturated heterocycles. The fourth-order valence-electron chi connectivity index (χ4n) is 6.56. The van der Waals surface area contributed by atoms with Crippen LogP contribution in [0, 0.1) is 11.3 Å². The summed E-state index contributed by atoms with van der Waals surface area (Å²) in [6.45, 7) is 6.39. The Morgan fingerprint density at radius 1 is 1.23 bits per heavy atom. The minimum Gasteiger partial charge on any atom is -0.464 e. The van der Waals surface area contributed by atoms with Gasteiger partial charge in [-0.05, 0) is 55.4 Å². The van der Waals surface area contributed by atoms with Crippen LogP contribution >= 0.6 is 11.6 Å². The Balaban J connectivity index is 1.24. The summed E-state index contributed by atoms with van der Waals surface area (Å²) in [5.74, 6) is -0.147. The van der Waals surface area contributed by atoms with Gasteiger partial charge in [-0.2, -0.15) is 5.26 Å². The average molecular weight is 554 g/mol. The second-order valence-electron chi connectivity index (χ2n) is 10.7. The molecule has 5 rings (SSSR count). The Labute approximate surface area is 234 Å². The first-order valence-corrected chi connectivity index (χ1v) is 14.1. The molecule has 3 atom stereocenters. The molecule has 2 fully saturated rings. The number of nitriles is 1. The van der Waals surface area contributed by atoms with Crippen molar-refractivity contribution in [1.29, 1.82) is 5.26 Å². The van der Waals surface area contributed by atoms with E-state index in [1.807, 2.05) is 18.2 Å². The number of benzene rings is 1.